The van der Waals surface area contributed by atoms with Crippen LogP contribution in [-0.2, 0) is 14.6 Å². The number of ether oxygens (including phenoxy) is 2. The summed E-state index contributed by atoms with van der Waals surface area (Å²) in [7, 11) is -2.87. The quantitative estimate of drug-likeness (QED) is 0.775. The van der Waals surface area contributed by atoms with E-state index in [9.17, 15) is 17.6 Å². The molecule has 11 heteroatoms. The third-order valence-electron chi connectivity index (χ3n) is 3.00. The SMILES string of the molecule is COC(=O)Oc1nc(-c2ccc(Cl)c(S(C)(=O)=O)c2F)cc(N)c1Cl. The van der Waals surface area contributed by atoms with E-state index in [0.717, 1.165) is 13.4 Å². The van der Waals surface area contributed by atoms with Gasteiger partial charge in [0, 0.05) is 11.8 Å². The minimum atomic E-state index is -3.94. The predicted octanol–water partition coefficient (Wildman–Crippen LogP) is 3.33. The van der Waals surface area contributed by atoms with Crippen LogP contribution >= 0.6 is 23.2 Å². The lowest BCUT2D eigenvalue weighted by molar-refractivity contribution is 0.120. The maximum absolute atomic E-state index is 14.7. The number of aromatic nitrogens is 1. The third kappa shape index (κ3) is 3.94. The average Bonchev–Trinajstić information content (AvgIpc) is 2.50. The first-order valence-electron chi connectivity index (χ1n) is 6.46. The fourth-order valence-corrected chi connectivity index (χ4v) is 3.48. The van der Waals surface area contributed by atoms with Crippen LogP contribution in [0.2, 0.25) is 10.0 Å². The van der Waals surface area contributed by atoms with Gasteiger partial charge in [-0.1, -0.05) is 23.2 Å². The number of methoxy groups -OCH3 is 1. The summed E-state index contributed by atoms with van der Waals surface area (Å²) >= 11 is 11.7. The molecule has 0 saturated carbocycles. The van der Waals surface area contributed by atoms with Crippen molar-refractivity contribution in [1.29, 1.82) is 0 Å². The molecule has 0 unspecified atom stereocenters. The van der Waals surface area contributed by atoms with Crippen LogP contribution in [0.15, 0.2) is 23.1 Å². The van der Waals surface area contributed by atoms with Crippen LogP contribution < -0.4 is 10.5 Å². The van der Waals surface area contributed by atoms with Crippen molar-refractivity contribution in [2.24, 2.45) is 0 Å². The fourth-order valence-electron chi connectivity index (χ4n) is 1.92. The molecule has 0 aliphatic heterocycles. The Morgan fingerprint density at radius 3 is 2.52 bits per heavy atom. The molecule has 0 spiro atoms. The number of hydrogen-bond acceptors (Lipinski definition) is 7. The van der Waals surface area contributed by atoms with E-state index in [1.807, 2.05) is 0 Å². The largest absolute Gasteiger partial charge is 0.514 e. The molecule has 0 atom stereocenters. The normalized spacial score (nSPS) is 11.2. The maximum Gasteiger partial charge on any atom is 0.514 e. The summed E-state index contributed by atoms with van der Waals surface area (Å²) in [5, 5.41) is -0.469. The molecule has 25 heavy (non-hydrogen) atoms. The molecule has 1 aromatic carbocycles. The summed E-state index contributed by atoms with van der Waals surface area (Å²) in [6, 6.07) is 3.61. The maximum atomic E-state index is 14.7. The predicted molar refractivity (Wildman–Crippen MR) is 90.2 cm³/mol. The minimum absolute atomic E-state index is 0.0687. The second-order valence-corrected chi connectivity index (χ2v) is 7.52. The zero-order valence-electron chi connectivity index (χ0n) is 12.8. The Morgan fingerprint density at radius 2 is 1.96 bits per heavy atom. The number of carbonyl (C=O) groups is 1. The molecule has 1 heterocycles. The molecular formula is C14H11Cl2FN2O5S. The molecule has 2 rings (SSSR count). The summed E-state index contributed by atoms with van der Waals surface area (Å²) in [6.07, 6.45) is -0.296. The number of carbonyl (C=O) groups excluding carboxylic acids is 1. The highest BCUT2D eigenvalue weighted by Gasteiger charge is 2.24. The Labute approximate surface area is 152 Å². The monoisotopic (exact) mass is 408 g/mol. The van der Waals surface area contributed by atoms with Gasteiger partial charge in [0.1, 0.15) is 9.92 Å². The summed E-state index contributed by atoms with van der Waals surface area (Å²) < 4.78 is 47.3. The summed E-state index contributed by atoms with van der Waals surface area (Å²) in [6.45, 7) is 0. The smallest absolute Gasteiger partial charge is 0.437 e. The zero-order valence-corrected chi connectivity index (χ0v) is 15.2. The fraction of sp³-hybridized carbons (Fsp3) is 0.143. The van der Waals surface area contributed by atoms with E-state index in [0.29, 0.717) is 0 Å². The molecule has 7 nitrogen and oxygen atoms in total. The molecule has 0 fully saturated rings. The van der Waals surface area contributed by atoms with E-state index in [-0.39, 0.29) is 27.0 Å². The van der Waals surface area contributed by atoms with Crippen molar-refractivity contribution in [3.63, 3.8) is 0 Å². The van der Waals surface area contributed by atoms with Gasteiger partial charge >= 0.3 is 6.16 Å². The van der Waals surface area contributed by atoms with Gasteiger partial charge in [-0.25, -0.2) is 22.6 Å². The topological polar surface area (TPSA) is 109 Å². The lowest BCUT2D eigenvalue weighted by Gasteiger charge is -2.12. The standard InChI is InChI=1S/C14H11Cl2FN2O5S/c1-23-14(20)24-13-10(16)8(18)5-9(19-13)6-3-4-7(15)12(11(6)17)25(2,21)22/h3-5H,1-2H3,(H2,18,19). The van der Waals surface area contributed by atoms with E-state index >= 15 is 0 Å². The first-order valence-corrected chi connectivity index (χ1v) is 9.11. The number of sulfone groups is 1. The number of nitrogens with two attached hydrogens (primary N) is 1. The second kappa shape index (κ2) is 7.03. The molecule has 0 saturated heterocycles. The molecule has 2 aromatic rings. The van der Waals surface area contributed by atoms with Crippen LogP contribution in [0.25, 0.3) is 11.3 Å². The Kier molecular flexibility index (Phi) is 5.40. The minimum Gasteiger partial charge on any atom is -0.437 e. The number of rotatable bonds is 3. The van der Waals surface area contributed by atoms with Gasteiger partial charge in [0.15, 0.2) is 15.7 Å². The average molecular weight is 409 g/mol. The second-order valence-electron chi connectivity index (χ2n) is 4.78. The van der Waals surface area contributed by atoms with Gasteiger partial charge in [0.25, 0.3) is 0 Å². The molecule has 0 amide bonds. The van der Waals surface area contributed by atoms with Crippen LogP contribution in [-0.4, -0.2) is 32.9 Å². The van der Waals surface area contributed by atoms with E-state index in [4.69, 9.17) is 33.7 Å². The molecule has 0 aliphatic rings. The van der Waals surface area contributed by atoms with Gasteiger partial charge in [-0.05, 0) is 18.2 Å². The van der Waals surface area contributed by atoms with E-state index in [2.05, 4.69) is 9.72 Å². The van der Waals surface area contributed by atoms with Crippen molar-refractivity contribution in [1.82, 2.24) is 4.98 Å². The van der Waals surface area contributed by atoms with Crippen molar-refractivity contribution in [2.75, 3.05) is 19.1 Å². The highest BCUT2D eigenvalue weighted by molar-refractivity contribution is 7.90. The van der Waals surface area contributed by atoms with Crippen molar-refractivity contribution in [3.05, 3.63) is 34.1 Å². The molecule has 2 N–H and O–H groups in total. The number of nitrogen functional groups attached to an aromatic ring is 1. The molecule has 0 aliphatic carbocycles. The van der Waals surface area contributed by atoms with Crippen molar-refractivity contribution >= 4 is 44.9 Å². The Morgan fingerprint density at radius 1 is 1.32 bits per heavy atom. The first kappa shape index (κ1) is 19.2. The van der Waals surface area contributed by atoms with Crippen molar-refractivity contribution < 1.29 is 27.1 Å². The molecular weight excluding hydrogens is 398 g/mol. The Hall–Kier alpha value is -2.10. The highest BCUT2D eigenvalue weighted by Crippen LogP contribution is 2.36. The molecule has 1 aromatic heterocycles. The van der Waals surface area contributed by atoms with Gasteiger partial charge in [0.2, 0.25) is 5.88 Å². The van der Waals surface area contributed by atoms with Gasteiger partial charge < -0.3 is 15.2 Å². The highest BCUT2D eigenvalue weighted by atomic mass is 35.5. The van der Waals surface area contributed by atoms with Gasteiger partial charge in [0.05, 0.1) is 23.5 Å². The lowest BCUT2D eigenvalue weighted by atomic mass is 10.1. The van der Waals surface area contributed by atoms with Crippen LogP contribution in [0.4, 0.5) is 14.9 Å². The van der Waals surface area contributed by atoms with Crippen molar-refractivity contribution in [3.8, 4) is 17.1 Å². The number of pyridine rings is 1. The number of halogens is 3. The summed E-state index contributed by atoms with van der Waals surface area (Å²) in [4.78, 5) is 14.4. The first-order chi connectivity index (χ1) is 11.6. The zero-order chi connectivity index (χ0) is 18.9. The van der Waals surface area contributed by atoms with Gasteiger partial charge in [-0.2, -0.15) is 0 Å². The Bertz CT molecular complexity index is 966. The van der Waals surface area contributed by atoms with Crippen LogP contribution in [0.5, 0.6) is 5.88 Å². The number of nitrogens with zero attached hydrogens (tertiary/aromatic N) is 1. The third-order valence-corrected chi connectivity index (χ3v) is 4.95. The van der Waals surface area contributed by atoms with E-state index < -0.39 is 32.6 Å². The lowest BCUT2D eigenvalue weighted by Crippen LogP contribution is -2.10. The van der Waals surface area contributed by atoms with E-state index in [1.54, 1.807) is 0 Å². The van der Waals surface area contributed by atoms with Crippen LogP contribution in [0, 0.1) is 5.82 Å². The van der Waals surface area contributed by atoms with Crippen LogP contribution in [0.1, 0.15) is 0 Å². The van der Waals surface area contributed by atoms with E-state index in [1.165, 1.54) is 18.2 Å². The number of hydrogen-bond donors (Lipinski definition) is 1. The molecule has 0 bridgehead atoms. The summed E-state index contributed by atoms with van der Waals surface area (Å²) in [5.74, 6) is -1.54. The van der Waals surface area contributed by atoms with Gasteiger partial charge in [-0.15, -0.1) is 0 Å². The Balaban J connectivity index is 2.69. The number of benzene rings is 1. The molecule has 134 valence electrons. The molecule has 0 radical (unpaired) electrons. The van der Waals surface area contributed by atoms with Crippen molar-refractivity contribution in [2.45, 2.75) is 4.90 Å². The summed E-state index contributed by atoms with van der Waals surface area (Å²) in [5.41, 5.74) is 5.31. The van der Waals surface area contributed by atoms with Crippen LogP contribution in [0.3, 0.4) is 0 Å². The number of anilines is 1. The van der Waals surface area contributed by atoms with Gasteiger partial charge in [-0.3, -0.25) is 0 Å².